The summed E-state index contributed by atoms with van der Waals surface area (Å²) in [5.74, 6) is -4.99. The summed E-state index contributed by atoms with van der Waals surface area (Å²) in [4.78, 5) is 29.6. The van der Waals surface area contributed by atoms with Gasteiger partial charge in [0.1, 0.15) is 35.2 Å². The number of phenols is 1. The van der Waals surface area contributed by atoms with E-state index in [1.807, 2.05) is 7.05 Å². The van der Waals surface area contributed by atoms with E-state index < -0.39 is 42.2 Å². The van der Waals surface area contributed by atoms with E-state index in [9.17, 15) is 9.90 Å². The number of carbonyl (C=O) groups is 1. The van der Waals surface area contributed by atoms with Crippen LogP contribution in [0.2, 0.25) is 0 Å². The zero-order chi connectivity index (χ0) is 33.1. The number of pyridine rings is 1. The van der Waals surface area contributed by atoms with Crippen molar-refractivity contribution in [3.05, 3.63) is 47.7 Å². The monoisotopic (exact) mass is 654 g/mol. The minimum absolute atomic E-state index is 0.0411. The van der Waals surface area contributed by atoms with Gasteiger partial charge in [0.05, 0.1) is 24.1 Å². The molecule has 4 aromatic rings. The lowest BCUT2D eigenvalue weighted by Gasteiger charge is -2.44. The Morgan fingerprint density at radius 1 is 1.17 bits per heavy atom. The highest BCUT2D eigenvalue weighted by Crippen LogP contribution is 2.41. The van der Waals surface area contributed by atoms with Crippen LogP contribution in [0.1, 0.15) is 38.2 Å². The van der Waals surface area contributed by atoms with Crippen molar-refractivity contribution in [2.75, 3.05) is 44.8 Å². The number of aromatic hydroxyl groups is 1. The van der Waals surface area contributed by atoms with E-state index >= 15 is 17.6 Å². The molecule has 4 aliphatic rings. The lowest BCUT2D eigenvalue weighted by atomic mass is 9.88. The number of piperidine rings is 1. The predicted octanol–water partition coefficient (Wildman–Crippen LogP) is 5.58. The number of phenolic OH excluding ortho intramolecular Hbond substituents is 1. The maximum atomic E-state index is 16.8. The van der Waals surface area contributed by atoms with Crippen molar-refractivity contribution in [1.29, 1.82) is 0 Å². The number of alkyl halides is 2. The van der Waals surface area contributed by atoms with E-state index in [-0.39, 0.29) is 83.9 Å². The molecule has 0 radical (unpaired) electrons. The van der Waals surface area contributed by atoms with Gasteiger partial charge in [-0.2, -0.15) is 9.97 Å². The van der Waals surface area contributed by atoms with Crippen LogP contribution in [0.3, 0.4) is 0 Å². The molecule has 4 aliphatic heterocycles. The van der Waals surface area contributed by atoms with Crippen LogP contribution in [0.4, 0.5) is 28.2 Å². The van der Waals surface area contributed by atoms with E-state index in [4.69, 9.17) is 9.47 Å². The molecule has 0 aliphatic carbocycles. The fraction of sp³-hybridized carbons (Fsp3) is 0.455. The summed E-state index contributed by atoms with van der Waals surface area (Å²) in [6.45, 7) is 1.56. The molecule has 10 nitrogen and oxygen atoms in total. The first kappa shape index (κ1) is 31.2. The topological polar surface area (TPSA) is 113 Å². The number of alkyl carbamates (subject to hydrolysis) is 1. The van der Waals surface area contributed by atoms with Gasteiger partial charge in [-0.3, -0.25) is 4.98 Å². The normalized spacial score (nSPS) is 23.2. The average molecular weight is 655 g/mol. The third-order valence-electron chi connectivity index (χ3n) is 9.25. The minimum atomic E-state index is -3.27. The van der Waals surface area contributed by atoms with Crippen LogP contribution < -0.4 is 15.0 Å². The molecular weight excluding hydrogens is 620 g/mol. The number of nitrogens with zero attached hydrogens (tertiary/aromatic N) is 5. The van der Waals surface area contributed by atoms with Gasteiger partial charge in [-0.05, 0) is 80.7 Å². The van der Waals surface area contributed by atoms with Gasteiger partial charge in [0, 0.05) is 30.8 Å². The number of amides is 1. The number of fused-ring (bicyclic) bond motifs is 6. The van der Waals surface area contributed by atoms with Crippen LogP contribution in [0.25, 0.3) is 32.9 Å². The van der Waals surface area contributed by atoms with Crippen molar-refractivity contribution in [2.24, 2.45) is 0 Å². The van der Waals surface area contributed by atoms with Gasteiger partial charge in [-0.1, -0.05) is 6.07 Å². The van der Waals surface area contributed by atoms with Crippen LogP contribution in [-0.2, 0) is 11.2 Å². The molecule has 2 atom stereocenters. The van der Waals surface area contributed by atoms with Crippen LogP contribution >= 0.6 is 0 Å². The number of rotatable bonds is 3. The predicted molar refractivity (Wildman–Crippen MR) is 166 cm³/mol. The Kier molecular flexibility index (Phi) is 7.72. The SMILES string of the molecule is CN1CCC[C@H]1COc1nc2c3cnc(c(F)c3n1)-c1cc(O)cc3ccc(F)c(c13)CCCOC(=O)NC1(C)CN2CC(F)(F)C1. The first-order valence-electron chi connectivity index (χ1n) is 15.6. The largest absolute Gasteiger partial charge is 0.508 e. The molecule has 1 amide bonds. The van der Waals surface area contributed by atoms with E-state index in [0.717, 1.165) is 19.4 Å². The first-order chi connectivity index (χ1) is 22.4. The maximum Gasteiger partial charge on any atom is 0.407 e. The van der Waals surface area contributed by atoms with Crippen LogP contribution in [0.15, 0.2) is 30.5 Å². The van der Waals surface area contributed by atoms with Crippen LogP contribution in [0, 0.1) is 11.6 Å². The summed E-state index contributed by atoms with van der Waals surface area (Å²) in [7, 11) is 1.97. The molecule has 2 aromatic heterocycles. The highest BCUT2D eigenvalue weighted by molar-refractivity contribution is 6.01. The van der Waals surface area contributed by atoms with E-state index in [1.165, 1.54) is 42.3 Å². The van der Waals surface area contributed by atoms with Crippen molar-refractivity contribution in [3.8, 4) is 23.0 Å². The highest BCUT2D eigenvalue weighted by atomic mass is 19.3. The number of aryl methyl sites for hydroxylation is 1. The van der Waals surface area contributed by atoms with Gasteiger partial charge in [0.25, 0.3) is 5.92 Å². The molecule has 2 aromatic carbocycles. The molecule has 8 rings (SSSR count). The summed E-state index contributed by atoms with van der Waals surface area (Å²) >= 11 is 0. The molecule has 6 bridgehead atoms. The zero-order valence-corrected chi connectivity index (χ0v) is 26.0. The van der Waals surface area contributed by atoms with Crippen molar-refractivity contribution < 1.29 is 36.9 Å². The van der Waals surface area contributed by atoms with Gasteiger partial charge in [-0.25, -0.2) is 22.4 Å². The molecule has 6 heterocycles. The van der Waals surface area contributed by atoms with Crippen molar-refractivity contribution >= 4 is 33.6 Å². The zero-order valence-electron chi connectivity index (χ0n) is 26.0. The van der Waals surface area contributed by atoms with E-state index in [0.29, 0.717) is 10.8 Å². The molecule has 248 valence electrons. The number of hydrogen-bond donors (Lipinski definition) is 2. The Morgan fingerprint density at radius 3 is 2.79 bits per heavy atom. The Bertz CT molecular complexity index is 1890. The Balaban J connectivity index is 1.46. The second-order valence-electron chi connectivity index (χ2n) is 13.0. The average Bonchev–Trinajstić information content (AvgIpc) is 3.41. The lowest BCUT2D eigenvalue weighted by molar-refractivity contribution is -0.0390. The molecule has 2 fully saturated rings. The molecule has 2 saturated heterocycles. The molecule has 2 N–H and O–H groups in total. The summed E-state index contributed by atoms with van der Waals surface area (Å²) in [6.07, 6.45) is 1.85. The summed E-state index contributed by atoms with van der Waals surface area (Å²) in [5, 5.41) is 14.0. The molecule has 1 unspecified atom stereocenters. The minimum Gasteiger partial charge on any atom is -0.508 e. The number of anilines is 1. The maximum absolute atomic E-state index is 16.8. The molecule has 0 saturated carbocycles. The van der Waals surface area contributed by atoms with Crippen LogP contribution in [-0.4, -0.2) is 88.5 Å². The summed E-state index contributed by atoms with van der Waals surface area (Å²) in [6, 6.07) is 5.32. The van der Waals surface area contributed by atoms with Gasteiger partial charge < -0.3 is 29.7 Å². The molecule has 47 heavy (non-hydrogen) atoms. The van der Waals surface area contributed by atoms with Crippen LogP contribution in [0.5, 0.6) is 11.8 Å². The number of aromatic nitrogens is 3. The first-order valence-corrected chi connectivity index (χ1v) is 15.6. The van der Waals surface area contributed by atoms with Gasteiger partial charge >= 0.3 is 12.1 Å². The molecule has 0 spiro atoms. The standard InChI is InChI=1S/C33H34F4N6O4/c1-32-15-33(36,37)17-43(16-32)29-23-13-38-27(26(35)28(23)39-30(40-29)47-14-19-5-3-9-42(19)2)22-12-20(44)11-18-7-8-24(34)21(25(18)22)6-4-10-46-31(45)41-32/h7-8,11-13,19,44H,3-6,9-10,14-17H2,1-2H3,(H,41,45)/t19-,32?/m0/s1. The molecule has 14 heteroatoms. The second-order valence-corrected chi connectivity index (χ2v) is 13.0. The number of likely N-dealkylation sites (tertiary alicyclic amines) is 1. The number of carbonyl (C=O) groups excluding carboxylic acids is 1. The Hall–Kier alpha value is -4.46. The van der Waals surface area contributed by atoms with Crippen molar-refractivity contribution in [2.45, 2.75) is 56.5 Å². The number of ether oxygens (including phenoxy) is 2. The number of nitrogens with one attached hydrogen (secondary N) is 1. The van der Waals surface area contributed by atoms with Gasteiger partial charge in [-0.15, -0.1) is 0 Å². The van der Waals surface area contributed by atoms with E-state index in [1.54, 1.807) is 0 Å². The second kappa shape index (κ2) is 11.7. The summed E-state index contributed by atoms with van der Waals surface area (Å²) in [5.41, 5.74) is -1.59. The fourth-order valence-corrected chi connectivity index (χ4v) is 7.18. The smallest absolute Gasteiger partial charge is 0.407 e. The third kappa shape index (κ3) is 5.94. The van der Waals surface area contributed by atoms with Crippen molar-refractivity contribution in [1.82, 2.24) is 25.2 Å². The fourth-order valence-electron chi connectivity index (χ4n) is 7.18. The van der Waals surface area contributed by atoms with Gasteiger partial charge in [0.2, 0.25) is 0 Å². The third-order valence-corrected chi connectivity index (χ3v) is 9.25. The number of halogens is 4. The summed E-state index contributed by atoms with van der Waals surface area (Å²) < 4.78 is 74.3. The Morgan fingerprint density at radius 2 is 2.00 bits per heavy atom. The number of likely N-dealkylation sites (N-methyl/N-ethyl adjacent to an activating group) is 1. The molecular formula is C33H34F4N6O4. The number of hydrogen-bond acceptors (Lipinski definition) is 9. The Labute approximate surface area is 267 Å². The number of benzene rings is 2. The van der Waals surface area contributed by atoms with Crippen molar-refractivity contribution in [3.63, 3.8) is 0 Å². The van der Waals surface area contributed by atoms with E-state index in [2.05, 4.69) is 25.2 Å². The van der Waals surface area contributed by atoms with Gasteiger partial charge in [0.15, 0.2) is 5.82 Å². The highest BCUT2D eigenvalue weighted by Gasteiger charge is 2.48. The quantitative estimate of drug-likeness (QED) is 0.274. The lowest BCUT2D eigenvalue weighted by Crippen LogP contribution is -2.63.